The maximum atomic E-state index is 14.4. The van der Waals surface area contributed by atoms with E-state index in [9.17, 15) is 18.0 Å². The van der Waals surface area contributed by atoms with Crippen LogP contribution < -0.4 is 11.1 Å². The fourth-order valence-electron chi connectivity index (χ4n) is 2.85. The summed E-state index contributed by atoms with van der Waals surface area (Å²) in [6.07, 6.45) is -1.60. The summed E-state index contributed by atoms with van der Waals surface area (Å²) >= 11 is 0. The maximum absolute atomic E-state index is 14.4. The van der Waals surface area contributed by atoms with Gasteiger partial charge in [-0.05, 0) is 36.8 Å². The molecule has 3 N–H and O–H groups in total. The summed E-state index contributed by atoms with van der Waals surface area (Å²) in [5.74, 6) is -1.59. The van der Waals surface area contributed by atoms with E-state index >= 15 is 0 Å². The number of carbonyl (C=O) groups is 1. The summed E-state index contributed by atoms with van der Waals surface area (Å²) < 4.78 is 47.1. The molecular formula is C18H17F3N4O2. The van der Waals surface area contributed by atoms with Crippen molar-refractivity contribution in [3.63, 3.8) is 0 Å². The monoisotopic (exact) mass is 378 g/mol. The van der Waals surface area contributed by atoms with E-state index in [4.69, 9.17) is 10.5 Å². The van der Waals surface area contributed by atoms with Crippen molar-refractivity contribution in [3.05, 3.63) is 59.2 Å². The van der Waals surface area contributed by atoms with Crippen LogP contribution in [0.15, 0.2) is 41.5 Å². The Morgan fingerprint density at radius 1 is 1.37 bits per heavy atom. The number of benzene rings is 1. The average molecular weight is 378 g/mol. The number of hydrogen-bond acceptors (Lipinski definition) is 5. The van der Waals surface area contributed by atoms with Gasteiger partial charge in [0.15, 0.2) is 5.54 Å². The van der Waals surface area contributed by atoms with Crippen LogP contribution in [0.2, 0.25) is 0 Å². The number of carbonyl (C=O) groups excluding carboxylic acids is 1. The van der Waals surface area contributed by atoms with Gasteiger partial charge in [-0.15, -0.1) is 0 Å². The van der Waals surface area contributed by atoms with Gasteiger partial charge in [-0.1, -0.05) is 6.07 Å². The second kappa shape index (κ2) is 7.36. The Bertz CT molecular complexity index is 904. The molecule has 1 aliphatic rings. The van der Waals surface area contributed by atoms with Crippen LogP contribution in [-0.4, -0.2) is 36.4 Å². The molecule has 9 heteroatoms. The molecule has 2 heterocycles. The lowest BCUT2D eigenvalue weighted by molar-refractivity contribution is -0.0145. The van der Waals surface area contributed by atoms with Crippen molar-refractivity contribution >= 4 is 17.4 Å². The SMILES string of the molecule is Cc1cccnc1C(=O)Nc1ccc(F)c(C2(C(F)F)COCC(N)=N2)c1. The topological polar surface area (TPSA) is 89.6 Å². The minimum atomic E-state index is -3.06. The number of aryl methyl sites for hydroxylation is 1. The number of nitrogens with zero attached hydrogens (tertiary/aromatic N) is 2. The maximum Gasteiger partial charge on any atom is 0.274 e. The molecule has 142 valence electrons. The molecule has 0 aliphatic carbocycles. The summed E-state index contributed by atoms with van der Waals surface area (Å²) in [5, 5.41) is 2.54. The molecule has 1 aromatic carbocycles. The minimum Gasteiger partial charge on any atom is -0.385 e. The average Bonchev–Trinajstić information content (AvgIpc) is 2.63. The quantitative estimate of drug-likeness (QED) is 0.856. The van der Waals surface area contributed by atoms with Gasteiger partial charge in [-0.25, -0.2) is 13.2 Å². The number of halogens is 3. The Kier molecular flexibility index (Phi) is 5.13. The van der Waals surface area contributed by atoms with Crippen LogP contribution in [0.25, 0.3) is 0 Å². The smallest absolute Gasteiger partial charge is 0.274 e. The van der Waals surface area contributed by atoms with Crippen molar-refractivity contribution in [2.24, 2.45) is 10.7 Å². The standard InChI is InChI=1S/C18H17F3N4O2/c1-10-3-2-6-23-15(10)16(26)24-11-4-5-13(19)12(7-11)18(17(20)21)9-27-8-14(22)25-18/h2-7,17H,8-9H2,1H3,(H2,22,25)(H,24,26). The first-order chi connectivity index (χ1) is 12.8. The lowest BCUT2D eigenvalue weighted by Crippen LogP contribution is -2.45. The third-order valence-electron chi connectivity index (χ3n) is 4.19. The molecule has 6 nitrogen and oxygen atoms in total. The van der Waals surface area contributed by atoms with Crippen LogP contribution in [0.3, 0.4) is 0 Å². The summed E-state index contributed by atoms with van der Waals surface area (Å²) in [4.78, 5) is 20.2. The van der Waals surface area contributed by atoms with Crippen molar-refractivity contribution in [1.82, 2.24) is 4.98 Å². The number of rotatable bonds is 4. The van der Waals surface area contributed by atoms with Gasteiger partial charge in [0.05, 0.1) is 6.61 Å². The van der Waals surface area contributed by atoms with E-state index in [1.165, 1.54) is 12.3 Å². The Morgan fingerprint density at radius 3 is 2.81 bits per heavy atom. The number of nitrogens with one attached hydrogen (secondary N) is 1. The van der Waals surface area contributed by atoms with Crippen LogP contribution >= 0.6 is 0 Å². The summed E-state index contributed by atoms with van der Waals surface area (Å²) in [6.45, 7) is 1.07. The van der Waals surface area contributed by atoms with Gasteiger partial charge in [0.2, 0.25) is 0 Å². The minimum absolute atomic E-state index is 0.106. The second-order valence-electron chi connectivity index (χ2n) is 6.14. The van der Waals surface area contributed by atoms with Gasteiger partial charge in [0, 0.05) is 17.4 Å². The molecule has 0 saturated carbocycles. The molecule has 0 bridgehead atoms. The number of alkyl halides is 2. The first-order valence-electron chi connectivity index (χ1n) is 8.06. The van der Waals surface area contributed by atoms with Gasteiger partial charge < -0.3 is 15.8 Å². The predicted octanol–water partition coefficient (Wildman–Crippen LogP) is 2.63. The molecule has 2 aromatic rings. The number of anilines is 1. The number of hydrogen-bond donors (Lipinski definition) is 2. The van der Waals surface area contributed by atoms with Crippen LogP contribution in [-0.2, 0) is 10.3 Å². The number of nitrogens with two attached hydrogens (primary N) is 1. The third-order valence-corrected chi connectivity index (χ3v) is 4.19. The Labute approximate surface area is 153 Å². The third kappa shape index (κ3) is 3.63. The predicted molar refractivity (Wildman–Crippen MR) is 93.5 cm³/mol. The molecule has 1 aromatic heterocycles. The molecule has 1 aliphatic heterocycles. The largest absolute Gasteiger partial charge is 0.385 e. The summed E-state index contributed by atoms with van der Waals surface area (Å²) in [6, 6.07) is 6.76. The Morgan fingerprint density at radius 2 is 2.15 bits per heavy atom. The highest BCUT2D eigenvalue weighted by molar-refractivity contribution is 6.03. The molecule has 0 saturated heterocycles. The molecule has 0 spiro atoms. The van der Waals surface area contributed by atoms with Crippen LogP contribution in [0, 0.1) is 12.7 Å². The second-order valence-corrected chi connectivity index (χ2v) is 6.14. The van der Waals surface area contributed by atoms with Crippen molar-refractivity contribution in [2.75, 3.05) is 18.5 Å². The fraction of sp³-hybridized carbons (Fsp3) is 0.278. The van der Waals surface area contributed by atoms with Crippen molar-refractivity contribution in [1.29, 1.82) is 0 Å². The zero-order valence-corrected chi connectivity index (χ0v) is 14.4. The highest BCUT2D eigenvalue weighted by atomic mass is 19.3. The highest BCUT2D eigenvalue weighted by Crippen LogP contribution is 2.38. The molecular weight excluding hydrogens is 361 g/mol. The number of amidine groups is 1. The van der Waals surface area contributed by atoms with E-state index in [0.29, 0.717) is 5.56 Å². The summed E-state index contributed by atoms with van der Waals surface area (Å²) in [5.41, 5.74) is 3.80. The molecule has 3 rings (SSSR count). The van der Waals surface area contributed by atoms with Gasteiger partial charge in [0.25, 0.3) is 12.3 Å². The van der Waals surface area contributed by atoms with Gasteiger partial charge >= 0.3 is 0 Å². The Hall–Kier alpha value is -2.94. The number of pyridine rings is 1. The van der Waals surface area contributed by atoms with E-state index in [-0.39, 0.29) is 23.8 Å². The first-order valence-corrected chi connectivity index (χ1v) is 8.06. The van der Waals surface area contributed by atoms with E-state index in [1.807, 2.05) is 0 Å². The number of aliphatic imine (C=N–C) groups is 1. The molecule has 1 amide bonds. The van der Waals surface area contributed by atoms with Gasteiger partial charge in [-0.3, -0.25) is 14.8 Å². The van der Waals surface area contributed by atoms with Crippen LogP contribution in [0.1, 0.15) is 21.6 Å². The van der Waals surface area contributed by atoms with Crippen molar-refractivity contribution < 1.29 is 22.7 Å². The number of ether oxygens (including phenoxy) is 1. The van der Waals surface area contributed by atoms with Gasteiger partial charge in [-0.2, -0.15) is 0 Å². The van der Waals surface area contributed by atoms with E-state index in [0.717, 1.165) is 12.1 Å². The van der Waals surface area contributed by atoms with Crippen molar-refractivity contribution in [3.8, 4) is 0 Å². The molecule has 1 unspecified atom stereocenters. The summed E-state index contributed by atoms with van der Waals surface area (Å²) in [7, 11) is 0. The number of aromatic nitrogens is 1. The Balaban J connectivity index is 1.98. The highest BCUT2D eigenvalue weighted by Gasteiger charge is 2.46. The molecule has 0 radical (unpaired) electrons. The molecule has 0 fully saturated rings. The van der Waals surface area contributed by atoms with E-state index in [1.54, 1.807) is 19.1 Å². The lowest BCUT2D eigenvalue weighted by atomic mass is 9.90. The van der Waals surface area contributed by atoms with Crippen LogP contribution in [0.4, 0.5) is 18.9 Å². The van der Waals surface area contributed by atoms with Crippen LogP contribution in [0.5, 0.6) is 0 Å². The lowest BCUT2D eigenvalue weighted by Gasteiger charge is -2.33. The van der Waals surface area contributed by atoms with E-state index < -0.39 is 35.9 Å². The molecule has 27 heavy (non-hydrogen) atoms. The van der Waals surface area contributed by atoms with E-state index in [2.05, 4.69) is 15.3 Å². The first kappa shape index (κ1) is 18.8. The zero-order chi connectivity index (χ0) is 19.6. The van der Waals surface area contributed by atoms with Crippen molar-refractivity contribution in [2.45, 2.75) is 18.9 Å². The number of amides is 1. The normalized spacial score (nSPS) is 19.7. The zero-order valence-electron chi connectivity index (χ0n) is 14.4. The molecule has 1 atom stereocenters. The van der Waals surface area contributed by atoms with Gasteiger partial charge in [0.1, 0.15) is 24.0 Å². The fourth-order valence-corrected chi connectivity index (χ4v) is 2.85.